The molecule has 0 aliphatic rings. The van der Waals surface area contributed by atoms with E-state index in [-0.39, 0.29) is 10.6 Å². The first-order chi connectivity index (χ1) is 5.82. The average molecular weight is 396 g/mol. The van der Waals surface area contributed by atoms with Crippen molar-refractivity contribution in [1.29, 1.82) is 0 Å². The zero-order valence-electron chi connectivity index (χ0n) is 6.09. The summed E-state index contributed by atoms with van der Waals surface area (Å²) in [6, 6.07) is 3.08. The number of anilines is 1. The summed E-state index contributed by atoms with van der Waals surface area (Å²) in [6.07, 6.45) is 0. The largest absolute Gasteiger partial charge is 0.397 e. The number of hydrogen-bond acceptors (Lipinski definition) is 3. The SMILES string of the molecule is Nc1c(I)cc(Br)cc1S(=O)(=O)Cl. The van der Waals surface area contributed by atoms with Gasteiger partial charge in [-0.1, -0.05) is 15.9 Å². The molecule has 0 aliphatic heterocycles. The summed E-state index contributed by atoms with van der Waals surface area (Å²) in [5, 5.41) is 0. The van der Waals surface area contributed by atoms with Crippen molar-refractivity contribution in [3.05, 3.63) is 20.2 Å². The Morgan fingerprint density at radius 3 is 2.46 bits per heavy atom. The topological polar surface area (TPSA) is 60.2 Å². The molecule has 0 bridgehead atoms. The van der Waals surface area contributed by atoms with Gasteiger partial charge in [0.25, 0.3) is 9.05 Å². The van der Waals surface area contributed by atoms with E-state index < -0.39 is 9.05 Å². The highest BCUT2D eigenvalue weighted by molar-refractivity contribution is 14.1. The van der Waals surface area contributed by atoms with E-state index in [4.69, 9.17) is 16.4 Å². The smallest absolute Gasteiger partial charge is 0.263 e. The van der Waals surface area contributed by atoms with Gasteiger partial charge in [-0.3, -0.25) is 0 Å². The average Bonchev–Trinajstić information content (AvgIpc) is 1.94. The maximum absolute atomic E-state index is 11.0. The molecule has 7 heteroatoms. The Labute approximate surface area is 102 Å². The van der Waals surface area contributed by atoms with Gasteiger partial charge in [0.1, 0.15) is 4.90 Å². The molecule has 0 atom stereocenters. The molecule has 0 aliphatic carbocycles. The highest BCUT2D eigenvalue weighted by atomic mass is 127. The molecule has 0 amide bonds. The van der Waals surface area contributed by atoms with Crippen molar-refractivity contribution < 1.29 is 8.42 Å². The summed E-state index contributed by atoms with van der Waals surface area (Å²) < 4.78 is 23.3. The number of nitrogen functional groups attached to an aromatic ring is 1. The lowest BCUT2D eigenvalue weighted by molar-refractivity contribution is 0.610. The van der Waals surface area contributed by atoms with Gasteiger partial charge in [0, 0.05) is 18.7 Å². The molecule has 72 valence electrons. The molecule has 3 nitrogen and oxygen atoms in total. The maximum Gasteiger partial charge on any atom is 0.263 e. The summed E-state index contributed by atoms with van der Waals surface area (Å²) in [5.41, 5.74) is 5.73. The molecule has 0 unspecified atom stereocenters. The second-order valence-electron chi connectivity index (χ2n) is 2.24. The predicted octanol–water partition coefficient (Wildman–Crippen LogP) is 2.56. The van der Waals surface area contributed by atoms with Crippen molar-refractivity contribution in [2.75, 3.05) is 5.73 Å². The Kier molecular flexibility index (Phi) is 3.48. The molecule has 0 spiro atoms. The van der Waals surface area contributed by atoms with E-state index in [1.165, 1.54) is 6.07 Å². The minimum Gasteiger partial charge on any atom is -0.397 e. The van der Waals surface area contributed by atoms with Gasteiger partial charge in [0.15, 0.2) is 0 Å². The van der Waals surface area contributed by atoms with E-state index in [0.29, 0.717) is 8.04 Å². The summed E-state index contributed by atoms with van der Waals surface area (Å²) in [4.78, 5) is -0.0621. The van der Waals surface area contributed by atoms with Gasteiger partial charge < -0.3 is 5.73 Å². The molecule has 1 aromatic rings. The van der Waals surface area contributed by atoms with E-state index in [1.807, 2.05) is 22.6 Å². The number of benzene rings is 1. The van der Waals surface area contributed by atoms with Gasteiger partial charge in [-0.2, -0.15) is 0 Å². The van der Waals surface area contributed by atoms with E-state index in [1.54, 1.807) is 6.07 Å². The van der Waals surface area contributed by atoms with Gasteiger partial charge in [0.2, 0.25) is 0 Å². The minimum absolute atomic E-state index is 0.0621. The molecule has 1 rings (SSSR count). The maximum atomic E-state index is 11.0. The normalized spacial score (nSPS) is 11.6. The van der Waals surface area contributed by atoms with Gasteiger partial charge in [-0.15, -0.1) is 0 Å². The monoisotopic (exact) mass is 395 g/mol. The van der Waals surface area contributed by atoms with Gasteiger partial charge in [-0.05, 0) is 34.7 Å². The third-order valence-electron chi connectivity index (χ3n) is 1.32. The van der Waals surface area contributed by atoms with Crippen LogP contribution in [-0.2, 0) is 9.05 Å². The van der Waals surface area contributed by atoms with Crippen LogP contribution in [0.1, 0.15) is 0 Å². The number of rotatable bonds is 1. The summed E-state index contributed by atoms with van der Waals surface area (Å²) in [6.45, 7) is 0. The lowest BCUT2D eigenvalue weighted by Gasteiger charge is -2.04. The van der Waals surface area contributed by atoms with Crippen LogP contribution in [0.25, 0.3) is 0 Å². The van der Waals surface area contributed by atoms with Crippen LogP contribution in [-0.4, -0.2) is 8.42 Å². The van der Waals surface area contributed by atoms with Crippen molar-refractivity contribution in [3.63, 3.8) is 0 Å². The van der Waals surface area contributed by atoms with Crippen LogP contribution < -0.4 is 5.73 Å². The molecule has 13 heavy (non-hydrogen) atoms. The highest BCUT2D eigenvalue weighted by Crippen LogP contribution is 2.30. The molecule has 0 saturated carbocycles. The zero-order valence-corrected chi connectivity index (χ0v) is 11.4. The minimum atomic E-state index is -3.77. The fourth-order valence-corrected chi connectivity index (χ4v) is 3.63. The van der Waals surface area contributed by atoms with Crippen LogP contribution in [0.3, 0.4) is 0 Å². The Balaban J connectivity index is 3.56. The number of halogens is 3. The summed E-state index contributed by atoms with van der Waals surface area (Å²) >= 11 is 5.09. The van der Waals surface area contributed by atoms with E-state index >= 15 is 0 Å². The lowest BCUT2D eigenvalue weighted by atomic mass is 10.3. The Hall–Kier alpha value is 0.470. The van der Waals surface area contributed by atoms with Gasteiger partial charge in [0.05, 0.1) is 5.69 Å². The fraction of sp³-hybridized carbons (Fsp3) is 0. The standard InChI is InChI=1S/C6H4BrClINO2S/c7-3-1-4(9)6(10)5(2-3)13(8,11)12/h1-2H,10H2. The first-order valence-electron chi connectivity index (χ1n) is 3.01. The molecule has 0 heterocycles. The zero-order chi connectivity index (χ0) is 10.2. The second-order valence-corrected chi connectivity index (χ2v) is 6.85. The van der Waals surface area contributed by atoms with Crippen molar-refractivity contribution in [2.45, 2.75) is 4.90 Å². The Morgan fingerprint density at radius 2 is 2.00 bits per heavy atom. The van der Waals surface area contributed by atoms with Crippen LogP contribution in [0.4, 0.5) is 5.69 Å². The van der Waals surface area contributed by atoms with Gasteiger partial charge >= 0.3 is 0 Å². The van der Waals surface area contributed by atoms with Crippen LogP contribution in [0.15, 0.2) is 21.5 Å². The van der Waals surface area contributed by atoms with E-state index in [0.717, 1.165) is 0 Å². The first-order valence-corrected chi connectivity index (χ1v) is 7.19. The Morgan fingerprint density at radius 1 is 1.46 bits per heavy atom. The molecule has 0 fully saturated rings. The lowest BCUT2D eigenvalue weighted by Crippen LogP contribution is -2.00. The van der Waals surface area contributed by atoms with Gasteiger partial charge in [-0.25, -0.2) is 8.42 Å². The summed E-state index contributed by atoms with van der Waals surface area (Å²) in [5.74, 6) is 0. The van der Waals surface area contributed by atoms with Crippen molar-refractivity contribution in [1.82, 2.24) is 0 Å². The Bertz CT molecular complexity index is 448. The van der Waals surface area contributed by atoms with Crippen LogP contribution in [0, 0.1) is 3.57 Å². The van der Waals surface area contributed by atoms with Crippen molar-refractivity contribution >= 4 is 63.9 Å². The third kappa shape index (κ3) is 2.71. The van der Waals surface area contributed by atoms with Crippen LogP contribution in [0.5, 0.6) is 0 Å². The number of hydrogen-bond donors (Lipinski definition) is 1. The van der Waals surface area contributed by atoms with Crippen molar-refractivity contribution in [3.8, 4) is 0 Å². The molecule has 2 N–H and O–H groups in total. The highest BCUT2D eigenvalue weighted by Gasteiger charge is 2.16. The quantitative estimate of drug-likeness (QED) is 0.451. The third-order valence-corrected chi connectivity index (χ3v) is 4.03. The fourth-order valence-electron chi connectivity index (χ4n) is 0.763. The second kappa shape index (κ2) is 3.92. The molecular formula is C6H4BrClINO2S. The van der Waals surface area contributed by atoms with Crippen molar-refractivity contribution in [2.24, 2.45) is 0 Å². The van der Waals surface area contributed by atoms with E-state index in [9.17, 15) is 8.42 Å². The first kappa shape index (κ1) is 11.5. The van der Waals surface area contributed by atoms with E-state index in [2.05, 4.69) is 15.9 Å². The molecular weight excluding hydrogens is 392 g/mol. The molecule has 0 aromatic heterocycles. The molecule has 0 saturated heterocycles. The van der Waals surface area contributed by atoms with Crippen LogP contribution in [0.2, 0.25) is 0 Å². The molecule has 1 aromatic carbocycles. The molecule has 0 radical (unpaired) electrons. The predicted molar refractivity (Wildman–Crippen MR) is 64.3 cm³/mol. The van der Waals surface area contributed by atoms with Crippen LogP contribution >= 0.6 is 49.2 Å². The number of nitrogens with two attached hydrogens (primary N) is 1. The summed E-state index contributed by atoms with van der Waals surface area (Å²) in [7, 11) is 1.41.